The first-order valence-corrected chi connectivity index (χ1v) is 7.32. The molecule has 19 heavy (non-hydrogen) atoms. The number of para-hydroxylation sites is 1. The van der Waals surface area contributed by atoms with Crippen molar-refractivity contribution in [1.82, 2.24) is 0 Å². The van der Waals surface area contributed by atoms with Gasteiger partial charge < -0.3 is 4.42 Å². The van der Waals surface area contributed by atoms with Gasteiger partial charge in [-0.15, -0.1) is 0 Å². The Morgan fingerprint density at radius 1 is 1.05 bits per heavy atom. The van der Waals surface area contributed by atoms with E-state index in [0.717, 1.165) is 12.0 Å². The SMILES string of the molecule is Cc1ccccc1CC(Br)c1coc2ccccc12. The smallest absolute Gasteiger partial charge is 0.134 e. The second-order valence-electron chi connectivity index (χ2n) is 4.79. The van der Waals surface area contributed by atoms with Gasteiger partial charge in [-0.1, -0.05) is 58.4 Å². The minimum atomic E-state index is 0.275. The molecule has 0 aliphatic rings. The zero-order chi connectivity index (χ0) is 13.2. The molecule has 1 heterocycles. The van der Waals surface area contributed by atoms with E-state index in [1.54, 1.807) is 0 Å². The molecule has 1 aromatic heterocycles. The van der Waals surface area contributed by atoms with Gasteiger partial charge in [-0.3, -0.25) is 0 Å². The number of alkyl halides is 1. The van der Waals surface area contributed by atoms with Crippen molar-refractivity contribution in [3.63, 3.8) is 0 Å². The number of rotatable bonds is 3. The molecule has 0 aliphatic carbocycles. The summed E-state index contributed by atoms with van der Waals surface area (Å²) in [5.41, 5.74) is 4.87. The van der Waals surface area contributed by atoms with Gasteiger partial charge in [-0.2, -0.15) is 0 Å². The summed E-state index contributed by atoms with van der Waals surface area (Å²) in [6.45, 7) is 2.16. The molecule has 0 aliphatic heterocycles. The maximum atomic E-state index is 5.61. The first kappa shape index (κ1) is 12.5. The molecule has 1 atom stereocenters. The molecule has 0 spiro atoms. The van der Waals surface area contributed by atoms with E-state index < -0.39 is 0 Å². The summed E-state index contributed by atoms with van der Waals surface area (Å²) in [6, 6.07) is 16.7. The minimum Gasteiger partial charge on any atom is -0.464 e. The van der Waals surface area contributed by atoms with Crippen LogP contribution in [0.1, 0.15) is 21.5 Å². The molecule has 0 fully saturated rings. The fraction of sp³-hybridized carbons (Fsp3) is 0.176. The van der Waals surface area contributed by atoms with E-state index in [1.165, 1.54) is 22.1 Å². The quantitative estimate of drug-likeness (QED) is 0.588. The number of aryl methyl sites for hydroxylation is 1. The first-order valence-electron chi connectivity index (χ1n) is 6.40. The van der Waals surface area contributed by atoms with Crippen molar-refractivity contribution in [3.8, 4) is 0 Å². The van der Waals surface area contributed by atoms with Crippen LogP contribution in [-0.4, -0.2) is 0 Å². The third-order valence-electron chi connectivity index (χ3n) is 3.51. The average Bonchev–Trinajstić information content (AvgIpc) is 2.85. The van der Waals surface area contributed by atoms with E-state index in [0.29, 0.717) is 0 Å². The van der Waals surface area contributed by atoms with Crippen LogP contribution in [0, 0.1) is 6.92 Å². The third kappa shape index (κ3) is 2.45. The summed E-state index contributed by atoms with van der Waals surface area (Å²) < 4.78 is 5.61. The number of hydrogen-bond acceptors (Lipinski definition) is 1. The lowest BCUT2D eigenvalue weighted by Gasteiger charge is -2.10. The standard InChI is InChI=1S/C17H15BrO/c1-12-6-2-3-7-13(12)10-16(18)15-11-19-17-9-5-4-8-14(15)17/h2-9,11,16H,10H2,1H3. The Hall–Kier alpha value is -1.54. The summed E-state index contributed by atoms with van der Waals surface area (Å²) in [6.07, 6.45) is 2.83. The summed E-state index contributed by atoms with van der Waals surface area (Å²) >= 11 is 3.80. The van der Waals surface area contributed by atoms with Gasteiger partial charge in [0, 0.05) is 15.8 Å². The Morgan fingerprint density at radius 2 is 1.79 bits per heavy atom. The zero-order valence-corrected chi connectivity index (χ0v) is 12.4. The predicted octanol–water partition coefficient (Wildman–Crippen LogP) is 5.42. The molecule has 2 aromatic carbocycles. The van der Waals surface area contributed by atoms with Gasteiger partial charge in [0.25, 0.3) is 0 Å². The third-order valence-corrected chi connectivity index (χ3v) is 4.33. The van der Waals surface area contributed by atoms with E-state index in [4.69, 9.17) is 4.42 Å². The molecule has 3 aromatic rings. The van der Waals surface area contributed by atoms with Gasteiger partial charge in [0.05, 0.1) is 6.26 Å². The van der Waals surface area contributed by atoms with Crippen molar-refractivity contribution in [2.45, 2.75) is 18.2 Å². The van der Waals surface area contributed by atoms with Crippen LogP contribution in [-0.2, 0) is 6.42 Å². The van der Waals surface area contributed by atoms with E-state index in [1.807, 2.05) is 18.4 Å². The summed E-state index contributed by atoms with van der Waals surface area (Å²) in [4.78, 5) is 0.275. The highest BCUT2D eigenvalue weighted by molar-refractivity contribution is 9.09. The molecule has 1 nitrogen and oxygen atoms in total. The molecule has 0 radical (unpaired) electrons. The molecule has 0 saturated carbocycles. The molecule has 0 bridgehead atoms. The normalized spacial score (nSPS) is 12.7. The minimum absolute atomic E-state index is 0.275. The lowest BCUT2D eigenvalue weighted by atomic mass is 10.0. The van der Waals surface area contributed by atoms with Crippen LogP contribution in [0.2, 0.25) is 0 Å². The van der Waals surface area contributed by atoms with Crippen LogP contribution in [0.3, 0.4) is 0 Å². The van der Waals surface area contributed by atoms with Crippen LogP contribution in [0.5, 0.6) is 0 Å². The van der Waals surface area contributed by atoms with E-state index >= 15 is 0 Å². The Morgan fingerprint density at radius 3 is 2.63 bits per heavy atom. The van der Waals surface area contributed by atoms with Gasteiger partial charge in [0.2, 0.25) is 0 Å². The van der Waals surface area contributed by atoms with Crippen molar-refractivity contribution in [2.24, 2.45) is 0 Å². The maximum absolute atomic E-state index is 5.61. The Labute approximate surface area is 121 Å². The molecule has 3 rings (SSSR count). The fourth-order valence-electron chi connectivity index (χ4n) is 2.38. The van der Waals surface area contributed by atoms with Gasteiger partial charge in [0.15, 0.2) is 0 Å². The van der Waals surface area contributed by atoms with Gasteiger partial charge >= 0.3 is 0 Å². The summed E-state index contributed by atoms with van der Waals surface area (Å²) in [7, 11) is 0. The van der Waals surface area contributed by atoms with Gasteiger partial charge in [-0.05, 0) is 30.5 Å². The van der Waals surface area contributed by atoms with Crippen LogP contribution in [0.4, 0.5) is 0 Å². The number of furan rings is 1. The lowest BCUT2D eigenvalue weighted by molar-refractivity contribution is 0.610. The average molecular weight is 315 g/mol. The largest absolute Gasteiger partial charge is 0.464 e. The second kappa shape index (κ2) is 5.22. The number of benzene rings is 2. The maximum Gasteiger partial charge on any atom is 0.134 e. The first-order chi connectivity index (χ1) is 9.25. The Bertz CT molecular complexity index is 699. The summed E-state index contributed by atoms with van der Waals surface area (Å²) in [5.74, 6) is 0. The van der Waals surface area contributed by atoms with Crippen LogP contribution < -0.4 is 0 Å². The highest BCUT2D eigenvalue weighted by Gasteiger charge is 2.15. The van der Waals surface area contributed by atoms with E-state index in [-0.39, 0.29) is 4.83 Å². The monoisotopic (exact) mass is 314 g/mol. The zero-order valence-electron chi connectivity index (χ0n) is 10.8. The van der Waals surface area contributed by atoms with E-state index in [2.05, 4.69) is 59.3 Å². The number of hydrogen-bond donors (Lipinski definition) is 0. The number of fused-ring (bicyclic) bond motifs is 1. The van der Waals surface area contributed by atoms with Crippen molar-refractivity contribution < 1.29 is 4.42 Å². The molecule has 0 N–H and O–H groups in total. The number of halogens is 1. The van der Waals surface area contributed by atoms with Crippen LogP contribution in [0.15, 0.2) is 59.2 Å². The van der Waals surface area contributed by atoms with Crippen molar-refractivity contribution >= 4 is 26.9 Å². The summed E-state index contributed by atoms with van der Waals surface area (Å²) in [5, 5.41) is 1.19. The molecule has 1 unspecified atom stereocenters. The van der Waals surface area contributed by atoms with Gasteiger partial charge in [-0.25, -0.2) is 0 Å². The molecular formula is C17H15BrO. The lowest BCUT2D eigenvalue weighted by Crippen LogP contribution is -1.96. The molecule has 2 heteroatoms. The predicted molar refractivity (Wildman–Crippen MR) is 82.8 cm³/mol. The van der Waals surface area contributed by atoms with Crippen LogP contribution >= 0.6 is 15.9 Å². The highest BCUT2D eigenvalue weighted by Crippen LogP contribution is 2.34. The highest BCUT2D eigenvalue weighted by atomic mass is 79.9. The van der Waals surface area contributed by atoms with E-state index in [9.17, 15) is 0 Å². The Kier molecular flexibility index (Phi) is 3.43. The van der Waals surface area contributed by atoms with Crippen molar-refractivity contribution in [2.75, 3.05) is 0 Å². The topological polar surface area (TPSA) is 13.1 Å². The van der Waals surface area contributed by atoms with Gasteiger partial charge in [0.1, 0.15) is 5.58 Å². The van der Waals surface area contributed by atoms with Crippen molar-refractivity contribution in [1.29, 1.82) is 0 Å². The fourth-order valence-corrected chi connectivity index (χ4v) is 3.09. The van der Waals surface area contributed by atoms with Crippen molar-refractivity contribution in [3.05, 3.63) is 71.5 Å². The molecule has 0 saturated heterocycles. The molecular weight excluding hydrogens is 300 g/mol. The Balaban J connectivity index is 1.92. The second-order valence-corrected chi connectivity index (χ2v) is 5.89. The van der Waals surface area contributed by atoms with Crippen LogP contribution in [0.25, 0.3) is 11.0 Å². The molecule has 96 valence electrons. The molecule has 0 amide bonds.